The third-order valence-corrected chi connectivity index (χ3v) is 9.95. The maximum Gasteiger partial charge on any atom is 0.187 e. The van der Waals surface area contributed by atoms with Crippen molar-refractivity contribution in [2.75, 3.05) is 0 Å². The topological polar surface area (TPSA) is 61.8 Å². The number of hydrogen-bond donors (Lipinski definition) is 0. The number of nitrogens with zero attached hydrogens (tertiary/aromatic N) is 5. The molecule has 0 aliphatic heterocycles. The van der Waals surface area contributed by atoms with Crippen molar-refractivity contribution in [2.45, 2.75) is 0 Å². The predicted molar refractivity (Wildman–Crippen MR) is 184 cm³/mol. The van der Waals surface area contributed by atoms with E-state index in [9.17, 15) is 10.5 Å². The summed E-state index contributed by atoms with van der Waals surface area (Å²) < 4.78 is 6.92. The van der Waals surface area contributed by atoms with Crippen LogP contribution < -0.4 is 0 Å². The summed E-state index contributed by atoms with van der Waals surface area (Å²) in [6, 6.07) is 43.4. The fraction of sp³-hybridized carbons (Fsp3) is 0. The summed E-state index contributed by atoms with van der Waals surface area (Å²) in [7, 11) is 0. The van der Waals surface area contributed by atoms with Crippen molar-refractivity contribution >= 4 is 80.8 Å². The minimum Gasteiger partial charge on any atom is -0.309 e. The highest BCUT2D eigenvalue weighted by atomic mass is 32.1. The van der Waals surface area contributed by atoms with E-state index < -0.39 is 0 Å². The van der Waals surface area contributed by atoms with Gasteiger partial charge in [-0.05, 0) is 72.1 Å². The molecule has 206 valence electrons. The zero-order chi connectivity index (χ0) is 30.2. The molecule has 0 aliphatic rings. The average Bonchev–Trinajstić information content (AvgIpc) is 3.75. The molecule has 0 saturated carbocycles. The second kappa shape index (κ2) is 9.30. The molecular formula is C39H19N5S. The van der Waals surface area contributed by atoms with Gasteiger partial charge in [-0.25, -0.2) is 4.85 Å². The number of benzene rings is 6. The Balaban J connectivity index is 1.37. The highest BCUT2D eigenvalue weighted by Crippen LogP contribution is 2.44. The Morgan fingerprint density at radius 3 is 1.93 bits per heavy atom. The van der Waals surface area contributed by atoms with Gasteiger partial charge in [0.2, 0.25) is 0 Å². The molecule has 9 rings (SSSR count). The zero-order valence-corrected chi connectivity index (χ0v) is 24.4. The number of nitriles is 2. The largest absolute Gasteiger partial charge is 0.309 e. The molecule has 6 aromatic carbocycles. The SMILES string of the molecule is [C-]#[N+]c1ccc2sc3c(ccc4c5ccccc5n(-c5cccc(-n6c7ccc(C#N)cc7c7cc(C#N)ccc76)c5)c43)c2c1. The Hall–Kier alpha value is -6.39. The van der Waals surface area contributed by atoms with Crippen LogP contribution in [0.25, 0.3) is 80.0 Å². The molecule has 3 aromatic heterocycles. The fourth-order valence-electron chi connectivity index (χ4n) is 6.82. The number of hydrogen-bond acceptors (Lipinski definition) is 3. The summed E-state index contributed by atoms with van der Waals surface area (Å²) in [6.07, 6.45) is 0. The van der Waals surface area contributed by atoms with Crippen LogP contribution in [0.2, 0.25) is 0 Å². The lowest BCUT2D eigenvalue weighted by atomic mass is 10.1. The third kappa shape index (κ3) is 3.51. The van der Waals surface area contributed by atoms with Gasteiger partial charge < -0.3 is 9.13 Å². The van der Waals surface area contributed by atoms with Crippen molar-refractivity contribution in [1.29, 1.82) is 10.5 Å². The summed E-state index contributed by atoms with van der Waals surface area (Å²) in [4.78, 5) is 3.68. The molecule has 0 fully saturated rings. The van der Waals surface area contributed by atoms with Gasteiger partial charge >= 0.3 is 0 Å². The van der Waals surface area contributed by atoms with Crippen molar-refractivity contribution in [3.05, 3.63) is 138 Å². The summed E-state index contributed by atoms with van der Waals surface area (Å²) in [5.41, 5.74) is 8.04. The second-order valence-electron chi connectivity index (χ2n) is 11.1. The van der Waals surface area contributed by atoms with Crippen molar-refractivity contribution in [1.82, 2.24) is 9.13 Å². The van der Waals surface area contributed by atoms with E-state index in [0.29, 0.717) is 16.8 Å². The molecule has 0 unspecified atom stereocenters. The van der Waals surface area contributed by atoms with E-state index in [1.54, 1.807) is 11.3 Å². The first-order valence-corrected chi connectivity index (χ1v) is 15.2. The van der Waals surface area contributed by atoms with E-state index in [0.717, 1.165) is 59.7 Å². The molecule has 0 saturated heterocycles. The van der Waals surface area contributed by atoms with Crippen LogP contribution in [0.5, 0.6) is 0 Å². The molecule has 5 nitrogen and oxygen atoms in total. The highest BCUT2D eigenvalue weighted by Gasteiger charge is 2.19. The molecule has 0 N–H and O–H groups in total. The monoisotopic (exact) mass is 589 g/mol. The highest BCUT2D eigenvalue weighted by molar-refractivity contribution is 7.26. The Kier molecular flexibility index (Phi) is 5.20. The van der Waals surface area contributed by atoms with Crippen molar-refractivity contribution in [3.8, 4) is 23.5 Å². The first-order valence-electron chi connectivity index (χ1n) is 14.4. The second-order valence-corrected chi connectivity index (χ2v) is 12.2. The molecule has 0 amide bonds. The third-order valence-electron chi connectivity index (χ3n) is 8.75. The molecule has 0 atom stereocenters. The molecule has 45 heavy (non-hydrogen) atoms. The predicted octanol–water partition coefficient (Wildman–Crippen LogP) is 10.5. The molecule has 3 heterocycles. The Labute approximate surface area is 261 Å². The first-order chi connectivity index (χ1) is 22.2. The number of rotatable bonds is 2. The van der Waals surface area contributed by atoms with Crippen LogP contribution in [0, 0.1) is 29.2 Å². The van der Waals surface area contributed by atoms with Crippen LogP contribution in [-0.2, 0) is 0 Å². The zero-order valence-electron chi connectivity index (χ0n) is 23.6. The van der Waals surface area contributed by atoms with Gasteiger partial charge in [0.1, 0.15) is 0 Å². The van der Waals surface area contributed by atoms with E-state index in [1.165, 1.54) is 15.5 Å². The molecule has 6 heteroatoms. The van der Waals surface area contributed by atoms with Crippen molar-refractivity contribution in [2.24, 2.45) is 0 Å². The number of fused-ring (bicyclic) bond motifs is 10. The van der Waals surface area contributed by atoms with Crippen LogP contribution in [0.15, 0.2) is 115 Å². The van der Waals surface area contributed by atoms with E-state index in [1.807, 2.05) is 48.5 Å². The normalized spacial score (nSPS) is 11.5. The van der Waals surface area contributed by atoms with Gasteiger partial charge in [0.05, 0.1) is 56.6 Å². The summed E-state index contributed by atoms with van der Waals surface area (Å²) in [6.45, 7) is 7.55. The van der Waals surface area contributed by atoms with Crippen LogP contribution in [-0.4, -0.2) is 9.13 Å². The maximum absolute atomic E-state index is 9.63. The van der Waals surface area contributed by atoms with E-state index in [-0.39, 0.29) is 0 Å². The summed E-state index contributed by atoms with van der Waals surface area (Å²) in [5, 5.41) is 25.8. The minimum absolute atomic E-state index is 0.582. The number of para-hydroxylation sites is 1. The lowest BCUT2D eigenvalue weighted by Crippen LogP contribution is -1.98. The van der Waals surface area contributed by atoms with E-state index in [4.69, 9.17) is 6.57 Å². The lowest BCUT2D eigenvalue weighted by molar-refractivity contribution is 1.14. The van der Waals surface area contributed by atoms with Gasteiger partial charge in [-0.1, -0.05) is 48.5 Å². The Morgan fingerprint density at radius 2 is 1.22 bits per heavy atom. The van der Waals surface area contributed by atoms with Crippen LogP contribution in [0.4, 0.5) is 5.69 Å². The van der Waals surface area contributed by atoms with Crippen molar-refractivity contribution in [3.63, 3.8) is 0 Å². The molecule has 0 aliphatic carbocycles. The van der Waals surface area contributed by atoms with Gasteiger partial charge in [0, 0.05) is 43.0 Å². The number of thiophene rings is 1. The minimum atomic E-state index is 0.582. The number of aromatic nitrogens is 2. The Morgan fingerprint density at radius 1 is 0.556 bits per heavy atom. The fourth-order valence-corrected chi connectivity index (χ4v) is 8.04. The van der Waals surface area contributed by atoms with E-state index in [2.05, 4.69) is 92.8 Å². The van der Waals surface area contributed by atoms with Gasteiger partial charge in [-0.2, -0.15) is 10.5 Å². The van der Waals surface area contributed by atoms with Crippen LogP contribution in [0.1, 0.15) is 11.1 Å². The molecular weight excluding hydrogens is 571 g/mol. The van der Waals surface area contributed by atoms with Crippen molar-refractivity contribution < 1.29 is 0 Å². The van der Waals surface area contributed by atoms with Gasteiger partial charge in [0.25, 0.3) is 0 Å². The van der Waals surface area contributed by atoms with Gasteiger partial charge in [0.15, 0.2) is 5.69 Å². The Bertz CT molecular complexity index is 2790. The quantitative estimate of drug-likeness (QED) is 0.188. The average molecular weight is 590 g/mol. The molecule has 9 aromatic rings. The lowest BCUT2D eigenvalue weighted by Gasteiger charge is -2.13. The standard InChI is InChI=1S/C39H19N5S/c1-42-25-11-16-37-33(19-25)30-13-12-29-28-7-2-3-8-34(28)44(38(29)39(30)45-37)27-6-4-5-26(20-27)43-35-14-9-23(21-40)17-31(35)32-18-24(22-41)10-15-36(32)43/h2-20H. The van der Waals surface area contributed by atoms with Crippen LogP contribution in [0.3, 0.4) is 0 Å². The van der Waals surface area contributed by atoms with E-state index >= 15 is 0 Å². The van der Waals surface area contributed by atoms with Gasteiger partial charge in [-0.15, -0.1) is 11.3 Å². The maximum atomic E-state index is 9.63. The first kappa shape index (κ1) is 25.1. The smallest absolute Gasteiger partial charge is 0.187 e. The van der Waals surface area contributed by atoms with Gasteiger partial charge in [-0.3, -0.25) is 0 Å². The molecule has 0 radical (unpaired) electrons. The molecule has 0 spiro atoms. The molecule has 0 bridgehead atoms. The summed E-state index contributed by atoms with van der Waals surface area (Å²) >= 11 is 1.77. The summed E-state index contributed by atoms with van der Waals surface area (Å²) in [5.74, 6) is 0. The van der Waals surface area contributed by atoms with Crippen LogP contribution >= 0.6 is 11.3 Å².